The van der Waals surface area contributed by atoms with Crippen LogP contribution in [-0.2, 0) is 4.79 Å². The second kappa shape index (κ2) is 5.52. The summed E-state index contributed by atoms with van der Waals surface area (Å²) >= 11 is 0. The van der Waals surface area contributed by atoms with E-state index in [9.17, 15) is 14.3 Å². The minimum Gasteiger partial charge on any atom is -0.479 e. The molecule has 0 bridgehead atoms. The molecule has 0 saturated heterocycles. The largest absolute Gasteiger partial charge is 0.479 e. The minimum absolute atomic E-state index is 0.123. The number of halogens is 1. The lowest BCUT2D eigenvalue weighted by Gasteiger charge is -2.18. The van der Waals surface area contributed by atoms with Gasteiger partial charge in [-0.2, -0.15) is 0 Å². The first-order valence-electron chi connectivity index (χ1n) is 5.89. The van der Waals surface area contributed by atoms with Gasteiger partial charge in [0, 0.05) is 11.3 Å². The number of para-hydroxylation sites is 1. The highest BCUT2D eigenvalue weighted by atomic mass is 19.1. The number of aryl methyl sites for hydroxylation is 1. The maximum Gasteiger partial charge on any atom is 0.330 e. The highest BCUT2D eigenvalue weighted by molar-refractivity contribution is 5.79. The standard InChI is InChI=1S/C15H14FNO2/c1-10-6-2-5-9-13(10)17-14(15(18)19)11-7-3-4-8-12(11)16/h2-9,14,17H,1H3,(H,18,19). The van der Waals surface area contributed by atoms with Gasteiger partial charge in [0.1, 0.15) is 5.82 Å². The van der Waals surface area contributed by atoms with Crippen molar-refractivity contribution in [2.75, 3.05) is 5.32 Å². The molecule has 2 aromatic carbocycles. The molecule has 19 heavy (non-hydrogen) atoms. The Hall–Kier alpha value is -2.36. The van der Waals surface area contributed by atoms with Gasteiger partial charge in [0.15, 0.2) is 6.04 Å². The SMILES string of the molecule is Cc1ccccc1NC(C(=O)O)c1ccccc1F. The van der Waals surface area contributed by atoms with E-state index in [1.165, 1.54) is 18.2 Å². The highest BCUT2D eigenvalue weighted by Crippen LogP contribution is 2.24. The van der Waals surface area contributed by atoms with E-state index in [0.29, 0.717) is 5.69 Å². The lowest BCUT2D eigenvalue weighted by molar-refractivity contribution is -0.138. The third-order valence-corrected chi connectivity index (χ3v) is 2.91. The van der Waals surface area contributed by atoms with Gasteiger partial charge in [0.05, 0.1) is 0 Å². The highest BCUT2D eigenvalue weighted by Gasteiger charge is 2.23. The van der Waals surface area contributed by atoms with Crippen molar-refractivity contribution >= 4 is 11.7 Å². The Morgan fingerprint density at radius 3 is 2.42 bits per heavy atom. The van der Waals surface area contributed by atoms with Gasteiger partial charge in [0.2, 0.25) is 0 Å². The average molecular weight is 259 g/mol. The number of rotatable bonds is 4. The van der Waals surface area contributed by atoms with Crippen molar-refractivity contribution in [3.8, 4) is 0 Å². The summed E-state index contributed by atoms with van der Waals surface area (Å²) in [6, 6.07) is 12.1. The molecule has 0 heterocycles. The van der Waals surface area contributed by atoms with Crippen LogP contribution < -0.4 is 5.32 Å². The van der Waals surface area contributed by atoms with Crippen LogP contribution in [0.4, 0.5) is 10.1 Å². The van der Waals surface area contributed by atoms with Gasteiger partial charge >= 0.3 is 5.97 Å². The molecule has 0 spiro atoms. The van der Waals surface area contributed by atoms with Crippen LogP contribution in [0.5, 0.6) is 0 Å². The van der Waals surface area contributed by atoms with Crippen molar-refractivity contribution < 1.29 is 14.3 Å². The maximum atomic E-state index is 13.7. The van der Waals surface area contributed by atoms with Crippen LogP contribution in [0.2, 0.25) is 0 Å². The predicted octanol–water partition coefficient (Wildman–Crippen LogP) is 3.37. The lowest BCUT2D eigenvalue weighted by atomic mass is 10.1. The molecule has 2 N–H and O–H groups in total. The number of nitrogens with one attached hydrogen (secondary N) is 1. The Morgan fingerprint density at radius 2 is 1.79 bits per heavy atom. The molecule has 0 aromatic heterocycles. The number of carboxylic acids is 1. The third kappa shape index (κ3) is 2.91. The fourth-order valence-corrected chi connectivity index (χ4v) is 1.87. The molecule has 98 valence electrons. The van der Waals surface area contributed by atoms with Crippen LogP contribution >= 0.6 is 0 Å². The zero-order chi connectivity index (χ0) is 13.8. The zero-order valence-corrected chi connectivity index (χ0v) is 10.4. The summed E-state index contributed by atoms with van der Waals surface area (Å²) in [7, 11) is 0. The van der Waals surface area contributed by atoms with Gasteiger partial charge < -0.3 is 10.4 Å². The monoisotopic (exact) mass is 259 g/mol. The fraction of sp³-hybridized carbons (Fsp3) is 0.133. The van der Waals surface area contributed by atoms with Gasteiger partial charge in [0.25, 0.3) is 0 Å². The Kier molecular flexibility index (Phi) is 3.80. The smallest absolute Gasteiger partial charge is 0.330 e. The Bertz CT molecular complexity index is 598. The van der Waals surface area contributed by atoms with Gasteiger partial charge in [-0.1, -0.05) is 36.4 Å². The van der Waals surface area contributed by atoms with Gasteiger partial charge in [-0.15, -0.1) is 0 Å². The molecule has 0 fully saturated rings. The summed E-state index contributed by atoms with van der Waals surface area (Å²) in [4.78, 5) is 11.3. The summed E-state index contributed by atoms with van der Waals surface area (Å²) in [6.07, 6.45) is 0. The number of benzene rings is 2. The molecule has 0 amide bonds. The number of anilines is 1. The number of carbonyl (C=O) groups is 1. The van der Waals surface area contributed by atoms with E-state index < -0.39 is 17.8 Å². The molecule has 1 unspecified atom stereocenters. The van der Waals surface area contributed by atoms with Crippen LogP contribution in [0.1, 0.15) is 17.2 Å². The molecule has 0 aliphatic rings. The molecule has 3 nitrogen and oxygen atoms in total. The van der Waals surface area contributed by atoms with Crippen molar-refractivity contribution in [3.63, 3.8) is 0 Å². The minimum atomic E-state index is -1.12. The van der Waals surface area contributed by atoms with Crippen molar-refractivity contribution in [1.82, 2.24) is 0 Å². The molecule has 1 atom stereocenters. The maximum absolute atomic E-state index is 13.7. The predicted molar refractivity (Wildman–Crippen MR) is 71.6 cm³/mol. The van der Waals surface area contributed by atoms with Crippen LogP contribution in [-0.4, -0.2) is 11.1 Å². The molecule has 0 aliphatic heterocycles. The van der Waals surface area contributed by atoms with E-state index in [2.05, 4.69) is 5.32 Å². The van der Waals surface area contributed by atoms with Gasteiger partial charge in [-0.05, 0) is 24.6 Å². The van der Waals surface area contributed by atoms with Gasteiger partial charge in [-0.3, -0.25) is 0 Å². The normalized spacial score (nSPS) is 11.9. The van der Waals surface area contributed by atoms with Crippen LogP contribution in [0.15, 0.2) is 48.5 Å². The van der Waals surface area contributed by atoms with Crippen molar-refractivity contribution in [3.05, 3.63) is 65.5 Å². The van der Waals surface area contributed by atoms with E-state index in [4.69, 9.17) is 0 Å². The van der Waals surface area contributed by atoms with E-state index >= 15 is 0 Å². The number of hydrogen-bond donors (Lipinski definition) is 2. The first-order chi connectivity index (χ1) is 9.09. The van der Waals surface area contributed by atoms with E-state index in [1.807, 2.05) is 19.1 Å². The first kappa shape index (κ1) is 13.1. The fourth-order valence-electron chi connectivity index (χ4n) is 1.87. The topological polar surface area (TPSA) is 49.3 Å². The Labute approximate surface area is 110 Å². The van der Waals surface area contributed by atoms with E-state index in [0.717, 1.165) is 5.56 Å². The van der Waals surface area contributed by atoms with E-state index in [-0.39, 0.29) is 5.56 Å². The second-order valence-corrected chi connectivity index (χ2v) is 4.25. The summed E-state index contributed by atoms with van der Waals surface area (Å²) in [6.45, 7) is 1.86. The Morgan fingerprint density at radius 1 is 1.16 bits per heavy atom. The zero-order valence-electron chi connectivity index (χ0n) is 10.4. The second-order valence-electron chi connectivity index (χ2n) is 4.25. The first-order valence-corrected chi connectivity index (χ1v) is 5.89. The number of hydrogen-bond acceptors (Lipinski definition) is 2. The third-order valence-electron chi connectivity index (χ3n) is 2.91. The van der Waals surface area contributed by atoms with Crippen LogP contribution in [0, 0.1) is 12.7 Å². The van der Waals surface area contributed by atoms with Crippen molar-refractivity contribution in [2.45, 2.75) is 13.0 Å². The molecular formula is C15H14FNO2. The summed E-state index contributed by atoms with van der Waals surface area (Å²) < 4.78 is 13.7. The molecule has 4 heteroatoms. The quantitative estimate of drug-likeness (QED) is 0.885. The summed E-state index contributed by atoms with van der Waals surface area (Å²) in [5, 5.41) is 12.1. The Balaban J connectivity index is 2.35. The molecule has 0 aliphatic carbocycles. The van der Waals surface area contributed by atoms with Crippen LogP contribution in [0.3, 0.4) is 0 Å². The summed E-state index contributed by atoms with van der Waals surface area (Å²) in [5.74, 6) is -1.65. The molecule has 0 radical (unpaired) electrons. The molecule has 2 aromatic rings. The number of aliphatic carboxylic acids is 1. The average Bonchev–Trinajstić information content (AvgIpc) is 2.38. The molecular weight excluding hydrogens is 245 g/mol. The van der Waals surface area contributed by atoms with Gasteiger partial charge in [-0.25, -0.2) is 9.18 Å². The summed E-state index contributed by atoms with van der Waals surface area (Å²) in [5.41, 5.74) is 1.71. The molecule has 2 rings (SSSR count). The number of carboxylic acid groups (broad SMARTS) is 1. The van der Waals surface area contributed by atoms with Crippen LogP contribution in [0.25, 0.3) is 0 Å². The van der Waals surface area contributed by atoms with Crippen molar-refractivity contribution in [1.29, 1.82) is 0 Å². The molecule has 0 saturated carbocycles. The lowest BCUT2D eigenvalue weighted by Crippen LogP contribution is -2.22. The van der Waals surface area contributed by atoms with E-state index in [1.54, 1.807) is 18.2 Å². The van der Waals surface area contributed by atoms with Crippen molar-refractivity contribution in [2.24, 2.45) is 0 Å².